The Labute approximate surface area is 145 Å². The Hall–Kier alpha value is -2.34. The lowest BCUT2D eigenvalue weighted by atomic mass is 10.1. The topological polar surface area (TPSA) is 67.4 Å². The van der Waals surface area contributed by atoms with Gasteiger partial charge in [-0.2, -0.15) is 0 Å². The average Bonchev–Trinajstić information content (AvgIpc) is 2.90. The van der Waals surface area contributed by atoms with Crippen LogP contribution in [-0.4, -0.2) is 17.9 Å². The van der Waals surface area contributed by atoms with Gasteiger partial charge in [-0.3, -0.25) is 9.59 Å². The van der Waals surface area contributed by atoms with Gasteiger partial charge >= 0.3 is 0 Å². The van der Waals surface area contributed by atoms with Gasteiger partial charge in [-0.15, -0.1) is 11.3 Å². The SMILES string of the molecule is CCCc1cc(C(=O)Nc2ccc3c(c2)NC(=O)C(C)O3)sc1C. The highest BCUT2D eigenvalue weighted by Crippen LogP contribution is 2.32. The van der Waals surface area contributed by atoms with Crippen molar-refractivity contribution in [2.75, 3.05) is 10.6 Å². The van der Waals surface area contributed by atoms with E-state index in [9.17, 15) is 9.59 Å². The van der Waals surface area contributed by atoms with E-state index in [4.69, 9.17) is 4.74 Å². The van der Waals surface area contributed by atoms with E-state index < -0.39 is 6.10 Å². The molecular weight excluding hydrogens is 324 g/mol. The van der Waals surface area contributed by atoms with Crippen LogP contribution in [0.25, 0.3) is 0 Å². The summed E-state index contributed by atoms with van der Waals surface area (Å²) >= 11 is 1.50. The Kier molecular flexibility index (Phi) is 4.57. The minimum Gasteiger partial charge on any atom is -0.479 e. The number of fused-ring (bicyclic) bond motifs is 1. The van der Waals surface area contributed by atoms with Crippen molar-refractivity contribution in [1.82, 2.24) is 0 Å². The van der Waals surface area contributed by atoms with Gasteiger partial charge in [0.1, 0.15) is 5.75 Å². The molecule has 1 aromatic carbocycles. The molecule has 2 amide bonds. The van der Waals surface area contributed by atoms with Crippen molar-refractivity contribution in [1.29, 1.82) is 0 Å². The molecule has 5 nitrogen and oxygen atoms in total. The van der Waals surface area contributed by atoms with Crippen LogP contribution in [0, 0.1) is 6.92 Å². The maximum Gasteiger partial charge on any atom is 0.265 e. The molecule has 0 saturated carbocycles. The fourth-order valence-electron chi connectivity index (χ4n) is 2.63. The number of amides is 2. The average molecular weight is 344 g/mol. The third-order valence-corrected chi connectivity index (χ3v) is 5.02. The van der Waals surface area contributed by atoms with Crippen LogP contribution in [0.5, 0.6) is 5.75 Å². The van der Waals surface area contributed by atoms with Gasteiger partial charge in [0.2, 0.25) is 0 Å². The van der Waals surface area contributed by atoms with Crippen LogP contribution in [0.15, 0.2) is 24.3 Å². The van der Waals surface area contributed by atoms with Crippen LogP contribution >= 0.6 is 11.3 Å². The van der Waals surface area contributed by atoms with Crippen LogP contribution in [0.1, 0.15) is 40.4 Å². The lowest BCUT2D eigenvalue weighted by Crippen LogP contribution is -2.34. The van der Waals surface area contributed by atoms with Crippen LogP contribution in [0.4, 0.5) is 11.4 Å². The molecule has 24 heavy (non-hydrogen) atoms. The van der Waals surface area contributed by atoms with Crippen molar-refractivity contribution < 1.29 is 14.3 Å². The van der Waals surface area contributed by atoms with Crippen molar-refractivity contribution in [3.63, 3.8) is 0 Å². The molecule has 0 radical (unpaired) electrons. The maximum atomic E-state index is 12.4. The maximum absolute atomic E-state index is 12.4. The minimum absolute atomic E-state index is 0.137. The first-order chi connectivity index (χ1) is 11.5. The minimum atomic E-state index is -0.510. The number of carbonyl (C=O) groups excluding carboxylic acids is 2. The molecule has 6 heteroatoms. The molecular formula is C18H20N2O3S. The van der Waals surface area contributed by atoms with E-state index in [0.717, 1.165) is 12.8 Å². The first kappa shape index (κ1) is 16.5. The predicted octanol–water partition coefficient (Wildman–Crippen LogP) is 3.98. The molecule has 0 saturated heterocycles. The second-order valence-corrected chi connectivity index (χ2v) is 7.11. The molecule has 126 valence electrons. The summed E-state index contributed by atoms with van der Waals surface area (Å²) in [5.74, 6) is 0.281. The van der Waals surface area contributed by atoms with E-state index in [-0.39, 0.29) is 11.8 Å². The standard InChI is InChI=1S/C18H20N2O3S/c1-4-5-12-8-16(24-11(12)3)18(22)19-13-6-7-15-14(9-13)20-17(21)10(2)23-15/h6-10H,4-5H2,1-3H3,(H,19,22)(H,20,21). The second kappa shape index (κ2) is 6.65. The van der Waals surface area contributed by atoms with E-state index in [1.54, 1.807) is 25.1 Å². The number of rotatable bonds is 4. The summed E-state index contributed by atoms with van der Waals surface area (Å²) in [6.45, 7) is 5.86. The van der Waals surface area contributed by atoms with Crippen molar-refractivity contribution in [3.05, 3.63) is 39.6 Å². The summed E-state index contributed by atoms with van der Waals surface area (Å²) in [7, 11) is 0. The van der Waals surface area contributed by atoms with Gasteiger partial charge in [0.25, 0.3) is 11.8 Å². The third-order valence-electron chi connectivity index (χ3n) is 3.93. The Morgan fingerprint density at radius 1 is 1.38 bits per heavy atom. The van der Waals surface area contributed by atoms with E-state index in [2.05, 4.69) is 17.6 Å². The Bertz CT molecular complexity index is 798. The van der Waals surface area contributed by atoms with Crippen LogP contribution in [0.2, 0.25) is 0 Å². The number of hydrogen-bond donors (Lipinski definition) is 2. The summed E-state index contributed by atoms with van der Waals surface area (Å²) in [5, 5.41) is 5.66. The molecule has 1 aliphatic heterocycles. The normalized spacial score (nSPS) is 16.1. The first-order valence-electron chi connectivity index (χ1n) is 8.00. The molecule has 0 spiro atoms. The Morgan fingerprint density at radius 2 is 2.17 bits per heavy atom. The van der Waals surface area contributed by atoms with Gasteiger partial charge in [0, 0.05) is 10.6 Å². The van der Waals surface area contributed by atoms with Gasteiger partial charge in [0.05, 0.1) is 10.6 Å². The Morgan fingerprint density at radius 3 is 2.92 bits per heavy atom. The number of thiophene rings is 1. The number of aryl methyl sites for hydroxylation is 2. The van der Waals surface area contributed by atoms with Gasteiger partial charge in [-0.05, 0) is 50.1 Å². The molecule has 0 bridgehead atoms. The zero-order chi connectivity index (χ0) is 17.3. The quantitative estimate of drug-likeness (QED) is 0.881. The molecule has 2 aromatic rings. The molecule has 0 aliphatic carbocycles. The highest BCUT2D eigenvalue weighted by Gasteiger charge is 2.23. The van der Waals surface area contributed by atoms with Crippen molar-refractivity contribution >= 4 is 34.5 Å². The monoisotopic (exact) mass is 344 g/mol. The summed E-state index contributed by atoms with van der Waals surface area (Å²) in [4.78, 5) is 26.0. The van der Waals surface area contributed by atoms with E-state index >= 15 is 0 Å². The number of ether oxygens (including phenoxy) is 1. The van der Waals surface area contributed by atoms with E-state index in [0.29, 0.717) is 22.0 Å². The summed E-state index contributed by atoms with van der Waals surface area (Å²) in [6.07, 6.45) is 1.53. The number of hydrogen-bond acceptors (Lipinski definition) is 4. The second-order valence-electron chi connectivity index (χ2n) is 5.86. The summed E-state index contributed by atoms with van der Waals surface area (Å²) in [6, 6.07) is 7.20. The van der Waals surface area contributed by atoms with Crippen LogP contribution < -0.4 is 15.4 Å². The van der Waals surface area contributed by atoms with Crippen molar-refractivity contribution in [2.24, 2.45) is 0 Å². The number of benzene rings is 1. The highest BCUT2D eigenvalue weighted by atomic mass is 32.1. The fourth-order valence-corrected chi connectivity index (χ4v) is 3.60. The number of carbonyl (C=O) groups is 2. The lowest BCUT2D eigenvalue weighted by Gasteiger charge is -2.23. The molecule has 2 heterocycles. The van der Waals surface area contributed by atoms with Gasteiger partial charge < -0.3 is 15.4 Å². The number of anilines is 2. The largest absolute Gasteiger partial charge is 0.479 e. The molecule has 1 aliphatic rings. The predicted molar refractivity (Wildman–Crippen MR) is 96.2 cm³/mol. The lowest BCUT2D eigenvalue weighted by molar-refractivity contribution is -0.122. The van der Waals surface area contributed by atoms with Crippen LogP contribution in [0.3, 0.4) is 0 Å². The highest BCUT2D eigenvalue weighted by molar-refractivity contribution is 7.14. The molecule has 1 unspecified atom stereocenters. The zero-order valence-electron chi connectivity index (χ0n) is 13.9. The zero-order valence-corrected chi connectivity index (χ0v) is 14.8. The third kappa shape index (κ3) is 3.28. The first-order valence-corrected chi connectivity index (χ1v) is 8.81. The fraction of sp³-hybridized carbons (Fsp3) is 0.333. The summed E-state index contributed by atoms with van der Waals surface area (Å²) < 4.78 is 5.51. The van der Waals surface area contributed by atoms with E-state index in [1.807, 2.05) is 13.0 Å². The molecule has 0 fully saturated rings. The molecule has 1 aromatic heterocycles. The van der Waals surface area contributed by atoms with Gasteiger partial charge in [0.15, 0.2) is 6.10 Å². The molecule has 3 rings (SSSR count). The van der Waals surface area contributed by atoms with Gasteiger partial charge in [-0.25, -0.2) is 0 Å². The van der Waals surface area contributed by atoms with Crippen molar-refractivity contribution in [3.8, 4) is 5.75 Å². The van der Waals surface area contributed by atoms with Crippen LogP contribution in [-0.2, 0) is 11.2 Å². The van der Waals surface area contributed by atoms with E-state index in [1.165, 1.54) is 21.8 Å². The molecule has 1 atom stereocenters. The smallest absolute Gasteiger partial charge is 0.265 e. The van der Waals surface area contributed by atoms with Gasteiger partial charge in [-0.1, -0.05) is 13.3 Å². The Balaban J connectivity index is 1.76. The molecule has 2 N–H and O–H groups in total. The van der Waals surface area contributed by atoms with Crippen molar-refractivity contribution in [2.45, 2.75) is 39.7 Å². The number of nitrogens with one attached hydrogen (secondary N) is 2. The summed E-state index contributed by atoms with van der Waals surface area (Å²) in [5.41, 5.74) is 2.43.